The highest BCUT2D eigenvalue weighted by Crippen LogP contribution is 2.28. The summed E-state index contributed by atoms with van der Waals surface area (Å²) >= 11 is 0. The van der Waals surface area contributed by atoms with Crippen LogP contribution in [-0.4, -0.2) is 16.9 Å². The van der Waals surface area contributed by atoms with Crippen LogP contribution in [0.15, 0.2) is 45.6 Å². The first kappa shape index (κ1) is 20.8. The van der Waals surface area contributed by atoms with Crippen LogP contribution in [0.25, 0.3) is 11.0 Å². The molecule has 1 N–H and O–H groups in total. The fraction of sp³-hybridized carbons (Fsp3) is 0.320. The highest BCUT2D eigenvalue weighted by Gasteiger charge is 2.16. The Morgan fingerprint density at radius 1 is 1.03 bits per heavy atom. The molecule has 0 amide bonds. The molecule has 31 heavy (non-hydrogen) atoms. The number of ether oxygens (including phenoxy) is 1. The van der Waals surface area contributed by atoms with Crippen molar-refractivity contribution in [3.8, 4) is 5.75 Å². The van der Waals surface area contributed by atoms with Gasteiger partial charge in [0.2, 0.25) is 0 Å². The molecule has 6 nitrogen and oxygen atoms in total. The Morgan fingerprint density at radius 3 is 2.61 bits per heavy atom. The van der Waals surface area contributed by atoms with E-state index in [0.717, 1.165) is 19.3 Å². The summed E-state index contributed by atoms with van der Waals surface area (Å²) in [4.78, 5) is 36.6. The van der Waals surface area contributed by atoms with Gasteiger partial charge in [0.25, 0.3) is 0 Å². The first-order valence-corrected chi connectivity index (χ1v) is 10.5. The van der Waals surface area contributed by atoms with E-state index in [-0.39, 0.29) is 36.6 Å². The first-order chi connectivity index (χ1) is 14.9. The molecule has 1 aliphatic carbocycles. The second-order valence-electron chi connectivity index (χ2n) is 7.95. The normalized spacial score (nSPS) is 13.1. The average molecular weight is 420 g/mol. The number of rotatable bonds is 6. The van der Waals surface area contributed by atoms with Crippen molar-refractivity contribution < 1.29 is 23.8 Å². The molecule has 2 aromatic carbocycles. The summed E-state index contributed by atoms with van der Waals surface area (Å²) in [6, 6.07) is 10.2. The molecule has 4 rings (SSSR count). The number of carbonyl (C=O) groups excluding carboxylic acids is 2. The fourth-order valence-electron chi connectivity index (χ4n) is 4.03. The third kappa shape index (κ3) is 4.53. The first-order valence-electron chi connectivity index (χ1n) is 10.5. The lowest BCUT2D eigenvalue weighted by atomic mass is 9.89. The van der Waals surface area contributed by atoms with Gasteiger partial charge in [0.15, 0.2) is 5.78 Å². The van der Waals surface area contributed by atoms with Gasteiger partial charge in [0.1, 0.15) is 17.9 Å². The molecule has 0 bridgehead atoms. The molecule has 6 heteroatoms. The highest BCUT2D eigenvalue weighted by atomic mass is 16.5. The van der Waals surface area contributed by atoms with Crippen molar-refractivity contribution in [1.29, 1.82) is 0 Å². The Kier molecular flexibility index (Phi) is 5.89. The maximum Gasteiger partial charge on any atom is 0.336 e. The molecule has 0 saturated carbocycles. The Bertz CT molecular complexity index is 1220. The zero-order valence-corrected chi connectivity index (χ0v) is 17.4. The molecule has 1 aromatic heterocycles. The van der Waals surface area contributed by atoms with Crippen molar-refractivity contribution in [2.75, 3.05) is 0 Å². The van der Waals surface area contributed by atoms with Crippen molar-refractivity contribution in [2.45, 2.75) is 52.1 Å². The summed E-state index contributed by atoms with van der Waals surface area (Å²) < 4.78 is 10.5. The minimum absolute atomic E-state index is 0.0190. The van der Waals surface area contributed by atoms with E-state index in [1.807, 2.05) is 18.2 Å². The quantitative estimate of drug-likeness (QED) is 0.361. The van der Waals surface area contributed by atoms with E-state index in [0.29, 0.717) is 22.1 Å². The number of phenols is 1. The molecule has 160 valence electrons. The lowest BCUT2D eigenvalue weighted by molar-refractivity contribution is -0.144. The molecule has 0 unspecified atom stereocenters. The van der Waals surface area contributed by atoms with Gasteiger partial charge < -0.3 is 14.3 Å². The molecule has 1 heterocycles. The molecular weight excluding hydrogens is 396 g/mol. The number of Topliss-reactive ketones (excluding diaryl/α,β-unsaturated/α-hetero) is 1. The standard InChI is InChI=1S/C25H24O6/c1-15-21(26)9-8-20-19(13-24(29)31-25(15)20)14-30-23(28)11-10-22(27)18-7-6-16-4-2-3-5-17(16)12-18/h6-9,12-13,26H,2-5,10-11,14H2,1H3. The van der Waals surface area contributed by atoms with Crippen molar-refractivity contribution in [2.24, 2.45) is 0 Å². The van der Waals surface area contributed by atoms with Gasteiger partial charge >= 0.3 is 11.6 Å². The third-order valence-corrected chi connectivity index (χ3v) is 5.83. The maximum absolute atomic E-state index is 12.5. The Hall–Kier alpha value is -3.41. The average Bonchev–Trinajstić information content (AvgIpc) is 2.78. The van der Waals surface area contributed by atoms with Gasteiger partial charge in [-0.3, -0.25) is 9.59 Å². The van der Waals surface area contributed by atoms with Crippen LogP contribution in [0.4, 0.5) is 0 Å². The minimum atomic E-state index is -0.588. The van der Waals surface area contributed by atoms with Crippen LogP contribution in [-0.2, 0) is 29.0 Å². The zero-order valence-electron chi connectivity index (χ0n) is 17.4. The summed E-state index contributed by atoms with van der Waals surface area (Å²) in [5.74, 6) is -0.573. The van der Waals surface area contributed by atoms with Crippen LogP contribution in [0.2, 0.25) is 0 Å². The largest absolute Gasteiger partial charge is 0.508 e. The van der Waals surface area contributed by atoms with Crippen LogP contribution >= 0.6 is 0 Å². The van der Waals surface area contributed by atoms with Crippen molar-refractivity contribution in [1.82, 2.24) is 0 Å². The Balaban J connectivity index is 1.38. The van der Waals surface area contributed by atoms with E-state index in [2.05, 4.69) is 0 Å². The zero-order chi connectivity index (χ0) is 22.0. The summed E-state index contributed by atoms with van der Waals surface area (Å²) in [5.41, 5.74) is 3.79. The summed E-state index contributed by atoms with van der Waals surface area (Å²) in [6.07, 6.45) is 4.42. The number of phenolic OH excluding ortho intramolecular Hbond substituents is 1. The van der Waals surface area contributed by atoms with Crippen molar-refractivity contribution in [3.63, 3.8) is 0 Å². The van der Waals surface area contributed by atoms with Gasteiger partial charge in [-0.1, -0.05) is 12.1 Å². The fourth-order valence-corrected chi connectivity index (χ4v) is 4.03. The Labute approximate surface area is 179 Å². The SMILES string of the molecule is Cc1c(O)ccc2c(COC(=O)CCC(=O)c3ccc4c(c3)CCCC4)cc(=O)oc12. The number of esters is 1. The smallest absolute Gasteiger partial charge is 0.336 e. The van der Waals surface area contributed by atoms with Gasteiger partial charge in [0.05, 0.1) is 6.42 Å². The van der Waals surface area contributed by atoms with E-state index in [1.165, 1.54) is 29.7 Å². The van der Waals surface area contributed by atoms with E-state index in [1.54, 1.807) is 13.0 Å². The van der Waals surface area contributed by atoms with Gasteiger partial charge in [-0.15, -0.1) is 0 Å². The van der Waals surface area contributed by atoms with Crippen LogP contribution in [0.3, 0.4) is 0 Å². The van der Waals surface area contributed by atoms with E-state index in [9.17, 15) is 19.5 Å². The maximum atomic E-state index is 12.5. The predicted octanol–water partition coefficient (Wildman–Crippen LogP) is 4.39. The molecule has 3 aromatic rings. The third-order valence-electron chi connectivity index (χ3n) is 5.83. The van der Waals surface area contributed by atoms with Gasteiger partial charge in [-0.25, -0.2) is 4.79 Å². The van der Waals surface area contributed by atoms with E-state index in [4.69, 9.17) is 9.15 Å². The molecule has 0 spiro atoms. The van der Waals surface area contributed by atoms with Crippen LogP contribution in [0, 0.1) is 6.92 Å². The molecule has 0 radical (unpaired) electrons. The van der Waals surface area contributed by atoms with Crippen molar-refractivity contribution >= 4 is 22.7 Å². The van der Waals surface area contributed by atoms with E-state index < -0.39 is 11.6 Å². The number of benzene rings is 2. The number of fused-ring (bicyclic) bond motifs is 2. The molecule has 0 saturated heterocycles. The highest BCUT2D eigenvalue weighted by molar-refractivity contribution is 5.97. The molecule has 1 aliphatic rings. The summed E-state index contributed by atoms with van der Waals surface area (Å²) in [6.45, 7) is 1.53. The predicted molar refractivity (Wildman–Crippen MR) is 115 cm³/mol. The molecular formula is C25H24O6. The van der Waals surface area contributed by atoms with Gasteiger partial charge in [0, 0.05) is 34.6 Å². The second-order valence-corrected chi connectivity index (χ2v) is 7.95. The summed E-state index contributed by atoms with van der Waals surface area (Å²) in [7, 11) is 0. The van der Waals surface area contributed by atoms with Crippen LogP contribution in [0.1, 0.15) is 58.3 Å². The van der Waals surface area contributed by atoms with Gasteiger partial charge in [-0.05, 0) is 61.9 Å². The number of carbonyl (C=O) groups is 2. The topological polar surface area (TPSA) is 93.8 Å². The lowest BCUT2D eigenvalue weighted by Crippen LogP contribution is -2.11. The second kappa shape index (κ2) is 8.76. The molecule has 0 atom stereocenters. The molecule has 0 fully saturated rings. The Morgan fingerprint density at radius 2 is 1.81 bits per heavy atom. The van der Waals surface area contributed by atoms with Gasteiger partial charge in [-0.2, -0.15) is 0 Å². The summed E-state index contributed by atoms with van der Waals surface area (Å²) in [5, 5.41) is 10.4. The van der Waals surface area contributed by atoms with Crippen LogP contribution in [0.5, 0.6) is 5.75 Å². The number of aryl methyl sites for hydroxylation is 3. The number of ketones is 1. The van der Waals surface area contributed by atoms with E-state index >= 15 is 0 Å². The molecule has 0 aliphatic heterocycles. The minimum Gasteiger partial charge on any atom is -0.508 e. The van der Waals surface area contributed by atoms with Crippen LogP contribution < -0.4 is 5.63 Å². The monoisotopic (exact) mass is 420 g/mol. The number of hydrogen-bond donors (Lipinski definition) is 1. The van der Waals surface area contributed by atoms with Crippen molar-refractivity contribution in [3.05, 3.63) is 74.6 Å². The number of aromatic hydroxyl groups is 1. The lowest BCUT2D eigenvalue weighted by Gasteiger charge is -2.16. The number of hydrogen-bond acceptors (Lipinski definition) is 6.